The Labute approximate surface area is 147 Å². The number of hydrogen-bond acceptors (Lipinski definition) is 3. The molecule has 3 rings (SSSR count). The van der Waals surface area contributed by atoms with E-state index in [4.69, 9.17) is 0 Å². The lowest BCUT2D eigenvalue weighted by atomic mass is 10.2. The summed E-state index contributed by atoms with van der Waals surface area (Å²) in [5, 5.41) is 2.82. The van der Waals surface area contributed by atoms with Gasteiger partial charge in [-0.2, -0.15) is 0 Å². The number of likely N-dealkylation sites (tertiary alicyclic amines) is 1. The van der Waals surface area contributed by atoms with Crippen LogP contribution in [0.15, 0.2) is 24.3 Å². The fourth-order valence-corrected chi connectivity index (χ4v) is 3.37. The van der Waals surface area contributed by atoms with Gasteiger partial charge in [-0.05, 0) is 44.0 Å². The van der Waals surface area contributed by atoms with Crippen LogP contribution < -0.4 is 10.2 Å². The van der Waals surface area contributed by atoms with Crippen LogP contribution in [0.3, 0.4) is 0 Å². The molecule has 0 radical (unpaired) electrons. The molecule has 0 saturated carbocycles. The van der Waals surface area contributed by atoms with Gasteiger partial charge in [0, 0.05) is 45.0 Å². The summed E-state index contributed by atoms with van der Waals surface area (Å²) < 4.78 is 13.0. The van der Waals surface area contributed by atoms with Crippen LogP contribution >= 0.6 is 0 Å². The topological polar surface area (TPSA) is 55.9 Å². The summed E-state index contributed by atoms with van der Waals surface area (Å²) >= 11 is 0. The Morgan fingerprint density at radius 1 is 0.960 bits per heavy atom. The maximum absolute atomic E-state index is 13.0. The number of urea groups is 1. The third-order valence-electron chi connectivity index (χ3n) is 4.89. The molecular formula is C18H25FN4O2. The van der Waals surface area contributed by atoms with Gasteiger partial charge in [0.1, 0.15) is 11.9 Å². The highest BCUT2D eigenvalue weighted by Gasteiger charge is 2.27. The van der Waals surface area contributed by atoms with Gasteiger partial charge in [-0.25, -0.2) is 9.18 Å². The van der Waals surface area contributed by atoms with E-state index in [9.17, 15) is 14.0 Å². The van der Waals surface area contributed by atoms with E-state index in [1.54, 1.807) is 24.0 Å². The smallest absolute Gasteiger partial charge is 0.318 e. The summed E-state index contributed by atoms with van der Waals surface area (Å²) in [7, 11) is 0. The summed E-state index contributed by atoms with van der Waals surface area (Å²) in [6.07, 6.45) is 2.08. The number of halogens is 1. The molecule has 6 nitrogen and oxygen atoms in total. The Kier molecular flexibility index (Phi) is 5.40. The lowest BCUT2D eigenvalue weighted by Gasteiger charge is -2.36. The normalized spacial score (nSPS) is 19.0. The highest BCUT2D eigenvalue weighted by molar-refractivity contribution is 5.87. The number of amides is 3. The quantitative estimate of drug-likeness (QED) is 0.904. The highest BCUT2D eigenvalue weighted by Crippen LogP contribution is 2.17. The number of rotatable bonds is 3. The fourth-order valence-electron chi connectivity index (χ4n) is 3.37. The van der Waals surface area contributed by atoms with E-state index in [2.05, 4.69) is 10.2 Å². The summed E-state index contributed by atoms with van der Waals surface area (Å²) in [4.78, 5) is 30.3. The molecule has 1 N–H and O–H groups in total. The fraction of sp³-hybridized carbons (Fsp3) is 0.556. The lowest BCUT2D eigenvalue weighted by molar-refractivity contribution is -0.131. The van der Waals surface area contributed by atoms with Gasteiger partial charge in [0.15, 0.2) is 0 Å². The summed E-state index contributed by atoms with van der Waals surface area (Å²) in [5.41, 5.74) is 0.957. The van der Waals surface area contributed by atoms with Crippen molar-refractivity contribution in [1.82, 2.24) is 15.1 Å². The zero-order valence-electron chi connectivity index (χ0n) is 14.6. The van der Waals surface area contributed by atoms with E-state index in [1.807, 2.05) is 4.90 Å². The second-order valence-corrected chi connectivity index (χ2v) is 6.65. The molecule has 1 aromatic carbocycles. The van der Waals surface area contributed by atoms with Gasteiger partial charge in [0.25, 0.3) is 0 Å². The van der Waals surface area contributed by atoms with Crippen LogP contribution in [0.1, 0.15) is 19.8 Å². The van der Waals surface area contributed by atoms with Crippen molar-refractivity contribution < 1.29 is 14.0 Å². The van der Waals surface area contributed by atoms with Gasteiger partial charge < -0.3 is 20.0 Å². The molecule has 1 atom stereocenters. The molecule has 7 heteroatoms. The first-order valence-corrected chi connectivity index (χ1v) is 8.89. The van der Waals surface area contributed by atoms with Crippen molar-refractivity contribution in [3.8, 4) is 0 Å². The minimum atomic E-state index is -0.499. The van der Waals surface area contributed by atoms with Crippen LogP contribution in [0.2, 0.25) is 0 Å². The molecule has 2 aliphatic rings. The molecule has 2 saturated heterocycles. The molecular weight excluding hydrogens is 323 g/mol. The van der Waals surface area contributed by atoms with Crippen molar-refractivity contribution in [2.24, 2.45) is 0 Å². The third-order valence-corrected chi connectivity index (χ3v) is 4.89. The Bertz CT molecular complexity index is 608. The molecule has 0 unspecified atom stereocenters. The number of piperazine rings is 1. The minimum Gasteiger partial charge on any atom is -0.368 e. The monoisotopic (exact) mass is 348 g/mol. The van der Waals surface area contributed by atoms with Crippen molar-refractivity contribution in [2.45, 2.75) is 25.8 Å². The van der Waals surface area contributed by atoms with Crippen LogP contribution in [0.5, 0.6) is 0 Å². The van der Waals surface area contributed by atoms with E-state index in [0.717, 1.165) is 31.6 Å². The molecule has 0 aromatic heterocycles. The average molecular weight is 348 g/mol. The number of carbonyl (C=O) groups excluding carboxylic acids is 2. The molecule has 136 valence electrons. The molecule has 2 aliphatic heterocycles. The Balaban J connectivity index is 1.47. The Hall–Kier alpha value is -2.31. The SMILES string of the molecule is C[C@@H](NC(=O)N1CCN(c2ccc(F)cc2)CC1)C(=O)N1CCCC1. The lowest BCUT2D eigenvalue weighted by Crippen LogP contribution is -2.55. The van der Waals surface area contributed by atoms with E-state index in [0.29, 0.717) is 26.2 Å². The summed E-state index contributed by atoms with van der Waals surface area (Å²) in [5.74, 6) is -0.255. The number of benzene rings is 1. The third kappa shape index (κ3) is 4.21. The first-order valence-electron chi connectivity index (χ1n) is 8.89. The van der Waals surface area contributed by atoms with Crippen LogP contribution in [-0.2, 0) is 4.79 Å². The molecule has 0 spiro atoms. The average Bonchev–Trinajstić information content (AvgIpc) is 3.16. The zero-order chi connectivity index (χ0) is 17.8. The molecule has 2 heterocycles. The minimum absolute atomic E-state index is 0.00389. The standard InChI is InChI=1S/C18H25FN4O2/c1-14(17(24)22-8-2-3-9-22)20-18(25)23-12-10-21(11-13-23)16-6-4-15(19)5-7-16/h4-7,14H,2-3,8-13H2,1H3,(H,20,25)/t14-/m1/s1. The van der Waals surface area contributed by atoms with Gasteiger partial charge in [0.2, 0.25) is 5.91 Å². The van der Waals surface area contributed by atoms with Crippen LogP contribution in [0.25, 0.3) is 0 Å². The molecule has 25 heavy (non-hydrogen) atoms. The molecule has 0 aliphatic carbocycles. The number of anilines is 1. The number of hydrogen-bond donors (Lipinski definition) is 1. The van der Waals surface area contributed by atoms with E-state index >= 15 is 0 Å². The van der Waals surface area contributed by atoms with Gasteiger partial charge >= 0.3 is 6.03 Å². The molecule has 0 bridgehead atoms. The van der Waals surface area contributed by atoms with E-state index in [1.165, 1.54) is 12.1 Å². The van der Waals surface area contributed by atoms with Crippen molar-refractivity contribution >= 4 is 17.6 Å². The molecule has 1 aromatic rings. The number of nitrogens with zero attached hydrogens (tertiary/aromatic N) is 3. The van der Waals surface area contributed by atoms with Gasteiger partial charge in [-0.15, -0.1) is 0 Å². The molecule has 3 amide bonds. The van der Waals surface area contributed by atoms with Crippen molar-refractivity contribution in [1.29, 1.82) is 0 Å². The second kappa shape index (κ2) is 7.72. The van der Waals surface area contributed by atoms with Crippen LogP contribution in [-0.4, -0.2) is 67.0 Å². The van der Waals surface area contributed by atoms with Gasteiger partial charge in [-0.1, -0.05) is 0 Å². The highest BCUT2D eigenvalue weighted by atomic mass is 19.1. The Morgan fingerprint density at radius 2 is 1.56 bits per heavy atom. The van der Waals surface area contributed by atoms with Gasteiger partial charge in [-0.3, -0.25) is 4.79 Å². The van der Waals surface area contributed by atoms with Gasteiger partial charge in [0.05, 0.1) is 0 Å². The predicted octanol–water partition coefficient (Wildman–Crippen LogP) is 1.67. The number of nitrogens with one attached hydrogen (secondary N) is 1. The Morgan fingerprint density at radius 3 is 2.16 bits per heavy atom. The zero-order valence-corrected chi connectivity index (χ0v) is 14.6. The van der Waals surface area contributed by atoms with E-state index in [-0.39, 0.29) is 17.8 Å². The van der Waals surface area contributed by atoms with Crippen LogP contribution in [0.4, 0.5) is 14.9 Å². The maximum Gasteiger partial charge on any atom is 0.318 e. The molecule has 2 fully saturated rings. The van der Waals surface area contributed by atoms with Crippen molar-refractivity contribution in [3.05, 3.63) is 30.1 Å². The van der Waals surface area contributed by atoms with Crippen LogP contribution in [0, 0.1) is 5.82 Å². The maximum atomic E-state index is 13.0. The summed E-state index contributed by atoms with van der Waals surface area (Å²) in [6.45, 7) is 5.85. The predicted molar refractivity (Wildman–Crippen MR) is 94.0 cm³/mol. The van der Waals surface area contributed by atoms with E-state index < -0.39 is 6.04 Å². The largest absolute Gasteiger partial charge is 0.368 e. The first-order chi connectivity index (χ1) is 12.0. The van der Waals surface area contributed by atoms with Crippen molar-refractivity contribution in [2.75, 3.05) is 44.2 Å². The summed E-state index contributed by atoms with van der Waals surface area (Å²) in [6, 6.07) is 5.70. The number of carbonyl (C=O) groups is 2. The first kappa shape index (κ1) is 17.5. The van der Waals surface area contributed by atoms with Crippen molar-refractivity contribution in [3.63, 3.8) is 0 Å². The second-order valence-electron chi connectivity index (χ2n) is 6.65.